The summed E-state index contributed by atoms with van der Waals surface area (Å²) in [6.45, 7) is 5.49. The van der Waals surface area contributed by atoms with Crippen molar-refractivity contribution in [2.45, 2.75) is 26.4 Å². The lowest BCUT2D eigenvalue weighted by Crippen LogP contribution is -2.40. The highest BCUT2D eigenvalue weighted by molar-refractivity contribution is 5.98. The van der Waals surface area contributed by atoms with Crippen LogP contribution in [0.1, 0.15) is 20.8 Å². The van der Waals surface area contributed by atoms with Crippen LogP contribution in [0.25, 0.3) is 0 Å². The van der Waals surface area contributed by atoms with Gasteiger partial charge in [0.15, 0.2) is 11.5 Å². The first-order valence-corrected chi connectivity index (χ1v) is 9.99. The highest BCUT2D eigenvalue weighted by Gasteiger charge is 2.25. The quantitative estimate of drug-likeness (QED) is 0.447. The van der Waals surface area contributed by atoms with Crippen LogP contribution in [0.2, 0.25) is 0 Å². The molecule has 2 aromatic rings. The zero-order chi connectivity index (χ0) is 22.3. The molecule has 3 rings (SSSR count). The van der Waals surface area contributed by atoms with E-state index < -0.39 is 11.6 Å². The van der Waals surface area contributed by atoms with Gasteiger partial charge in [0.1, 0.15) is 31.1 Å². The highest BCUT2D eigenvalue weighted by atomic mass is 16.7. The van der Waals surface area contributed by atoms with Crippen molar-refractivity contribution in [1.82, 2.24) is 0 Å². The van der Waals surface area contributed by atoms with Gasteiger partial charge in [-0.05, 0) is 45.0 Å². The molecule has 31 heavy (non-hydrogen) atoms. The van der Waals surface area contributed by atoms with E-state index in [4.69, 9.17) is 23.7 Å². The molecule has 0 fully saturated rings. The molecule has 0 aromatic heterocycles. The van der Waals surface area contributed by atoms with Gasteiger partial charge in [0.05, 0.1) is 6.61 Å². The minimum Gasteiger partial charge on any atom is -0.491 e. The summed E-state index contributed by atoms with van der Waals surface area (Å²) in [4.78, 5) is 26.6. The molecule has 0 N–H and O–H groups in total. The molecule has 1 heterocycles. The minimum atomic E-state index is -0.661. The third kappa shape index (κ3) is 6.89. The lowest BCUT2D eigenvalue weighted by Gasteiger charge is -2.25. The Morgan fingerprint density at radius 1 is 1.00 bits per heavy atom. The van der Waals surface area contributed by atoms with Gasteiger partial charge in [0, 0.05) is 11.8 Å². The Labute approximate surface area is 181 Å². The highest BCUT2D eigenvalue weighted by Crippen LogP contribution is 2.35. The van der Waals surface area contributed by atoms with Crippen LogP contribution in [-0.4, -0.2) is 50.6 Å². The van der Waals surface area contributed by atoms with Gasteiger partial charge < -0.3 is 23.7 Å². The molecule has 0 saturated heterocycles. The molecule has 8 heteroatoms. The Morgan fingerprint density at radius 3 is 2.48 bits per heavy atom. The van der Waals surface area contributed by atoms with Gasteiger partial charge >= 0.3 is 5.97 Å². The fourth-order valence-corrected chi connectivity index (χ4v) is 2.85. The van der Waals surface area contributed by atoms with Crippen LogP contribution in [0.15, 0.2) is 48.5 Å². The first-order valence-electron chi connectivity index (χ1n) is 9.99. The van der Waals surface area contributed by atoms with E-state index in [1.165, 1.54) is 4.90 Å². The second-order valence-corrected chi connectivity index (χ2v) is 7.82. The second-order valence-electron chi connectivity index (χ2n) is 7.82. The number of ether oxygens (including phenoxy) is 5. The smallest absolute Gasteiger partial charge is 0.326 e. The summed E-state index contributed by atoms with van der Waals surface area (Å²) >= 11 is 0. The Bertz CT molecular complexity index is 893. The summed E-state index contributed by atoms with van der Waals surface area (Å²) in [7, 11) is 0. The molecule has 0 saturated carbocycles. The number of amides is 1. The van der Waals surface area contributed by atoms with Crippen LogP contribution < -0.4 is 19.1 Å². The number of anilines is 1. The van der Waals surface area contributed by atoms with Gasteiger partial charge in [-0.2, -0.15) is 0 Å². The fourth-order valence-electron chi connectivity index (χ4n) is 2.85. The van der Waals surface area contributed by atoms with Gasteiger partial charge in [0.25, 0.3) is 5.91 Å². The number of fused-ring (bicyclic) bond motifs is 1. The lowest BCUT2D eigenvalue weighted by atomic mass is 10.2. The fraction of sp³-hybridized carbons (Fsp3) is 0.391. The maximum atomic E-state index is 12.9. The predicted octanol–water partition coefficient (Wildman–Crippen LogP) is 3.19. The normalized spacial score (nSPS) is 12.4. The molecule has 0 bridgehead atoms. The number of carbonyl (C=O) groups excluding carboxylic acids is 2. The SMILES string of the molecule is CC(C)(C)OC(=O)CN(C(=O)COCCOc1ccccc1)c1ccc2c(c1)OCO2. The zero-order valence-corrected chi connectivity index (χ0v) is 18.0. The number of hydrogen-bond donors (Lipinski definition) is 0. The van der Waals surface area contributed by atoms with Gasteiger partial charge in [-0.3, -0.25) is 14.5 Å². The van der Waals surface area contributed by atoms with Crippen LogP contribution >= 0.6 is 0 Å². The molecule has 0 aliphatic carbocycles. The number of carbonyl (C=O) groups is 2. The number of rotatable bonds is 9. The van der Waals surface area contributed by atoms with Crippen LogP contribution in [0, 0.1) is 0 Å². The molecule has 1 aliphatic rings. The van der Waals surface area contributed by atoms with Crippen molar-refractivity contribution in [2.24, 2.45) is 0 Å². The molecule has 1 aliphatic heterocycles. The Kier molecular flexibility index (Phi) is 7.36. The van der Waals surface area contributed by atoms with Gasteiger partial charge in [0.2, 0.25) is 6.79 Å². The molecule has 0 atom stereocenters. The van der Waals surface area contributed by atoms with E-state index in [9.17, 15) is 9.59 Å². The summed E-state index contributed by atoms with van der Waals surface area (Å²) in [5.74, 6) is 0.916. The van der Waals surface area contributed by atoms with Crippen molar-refractivity contribution in [3.63, 3.8) is 0 Å². The molecule has 2 aromatic carbocycles. The maximum Gasteiger partial charge on any atom is 0.326 e. The molecule has 0 radical (unpaired) electrons. The van der Waals surface area contributed by atoms with Crippen LogP contribution in [0.3, 0.4) is 0 Å². The number of hydrogen-bond acceptors (Lipinski definition) is 7. The first kappa shape index (κ1) is 22.4. The largest absolute Gasteiger partial charge is 0.491 e. The lowest BCUT2D eigenvalue weighted by molar-refractivity contribution is -0.153. The molecule has 166 valence electrons. The molecule has 0 spiro atoms. The summed E-state index contributed by atoms with van der Waals surface area (Å²) in [5.41, 5.74) is -0.171. The van der Waals surface area contributed by atoms with Crippen LogP contribution in [-0.2, 0) is 19.1 Å². The number of para-hydroxylation sites is 1. The third-order valence-electron chi connectivity index (χ3n) is 4.14. The van der Waals surface area contributed by atoms with Crippen molar-refractivity contribution in [1.29, 1.82) is 0 Å². The van der Waals surface area contributed by atoms with Crippen molar-refractivity contribution in [3.8, 4) is 17.2 Å². The average Bonchev–Trinajstić information content (AvgIpc) is 3.19. The molecule has 8 nitrogen and oxygen atoms in total. The number of nitrogens with zero attached hydrogens (tertiary/aromatic N) is 1. The van der Waals surface area contributed by atoms with Crippen molar-refractivity contribution >= 4 is 17.6 Å². The van der Waals surface area contributed by atoms with Gasteiger partial charge in [-0.25, -0.2) is 0 Å². The van der Waals surface area contributed by atoms with Gasteiger partial charge in [-0.15, -0.1) is 0 Å². The predicted molar refractivity (Wildman–Crippen MR) is 114 cm³/mol. The molecule has 0 unspecified atom stereocenters. The summed E-state index contributed by atoms with van der Waals surface area (Å²) in [5, 5.41) is 0. The topological polar surface area (TPSA) is 83.5 Å². The summed E-state index contributed by atoms with van der Waals surface area (Å²) in [6, 6.07) is 14.4. The third-order valence-corrected chi connectivity index (χ3v) is 4.14. The monoisotopic (exact) mass is 429 g/mol. The Hall–Kier alpha value is -3.26. The number of esters is 1. The first-order chi connectivity index (χ1) is 14.8. The molecule has 1 amide bonds. The zero-order valence-electron chi connectivity index (χ0n) is 18.0. The van der Waals surface area contributed by atoms with Crippen molar-refractivity contribution < 1.29 is 33.3 Å². The van der Waals surface area contributed by atoms with Crippen LogP contribution in [0.4, 0.5) is 5.69 Å². The second kappa shape index (κ2) is 10.2. The van der Waals surface area contributed by atoms with E-state index in [1.807, 2.05) is 30.3 Å². The van der Waals surface area contributed by atoms with Crippen molar-refractivity contribution in [3.05, 3.63) is 48.5 Å². The molecular formula is C23H27NO7. The summed E-state index contributed by atoms with van der Waals surface area (Å²) < 4.78 is 27.1. The van der Waals surface area contributed by atoms with Crippen molar-refractivity contribution in [2.75, 3.05) is 38.1 Å². The van der Waals surface area contributed by atoms with E-state index in [1.54, 1.807) is 39.0 Å². The Morgan fingerprint density at radius 2 is 1.74 bits per heavy atom. The molecular weight excluding hydrogens is 402 g/mol. The standard InChI is InChI=1S/C23H27NO7/c1-23(2,3)31-22(26)14-24(17-9-10-19-20(13-17)30-16-29-19)21(25)15-27-11-12-28-18-7-5-4-6-8-18/h4-10,13H,11-12,14-16H2,1-3H3. The van der Waals surface area contributed by atoms with E-state index in [-0.39, 0.29) is 32.5 Å². The van der Waals surface area contributed by atoms with Crippen LogP contribution in [0.5, 0.6) is 17.2 Å². The maximum absolute atomic E-state index is 12.9. The minimum absolute atomic E-state index is 0.114. The van der Waals surface area contributed by atoms with E-state index in [0.717, 1.165) is 5.75 Å². The summed E-state index contributed by atoms with van der Waals surface area (Å²) in [6.07, 6.45) is 0. The van der Waals surface area contributed by atoms with E-state index in [2.05, 4.69) is 0 Å². The number of benzene rings is 2. The van der Waals surface area contributed by atoms with Gasteiger partial charge in [-0.1, -0.05) is 18.2 Å². The van der Waals surface area contributed by atoms with E-state index in [0.29, 0.717) is 23.8 Å². The van der Waals surface area contributed by atoms with E-state index >= 15 is 0 Å². The Balaban J connectivity index is 1.59. The average molecular weight is 429 g/mol.